The molecule has 180 valence electrons. The third-order valence-electron chi connectivity index (χ3n) is 4.61. The molecular weight excluding hydrogens is 492 g/mol. The van der Waals surface area contributed by atoms with Crippen LogP contribution >= 0.6 is 34.4 Å². The number of carbonyl (C=O) groups is 1. The number of carbonyl (C=O) groups excluding carboxylic acids is 1. The number of amides is 1. The minimum Gasteiger partial charge on any atom is -0.497 e. The summed E-state index contributed by atoms with van der Waals surface area (Å²) < 4.78 is 11.7. The zero-order chi connectivity index (χ0) is 24.3. The Morgan fingerprint density at radius 3 is 2.82 bits per heavy atom. The number of aromatic nitrogens is 2. The number of nitrogens with zero attached hydrogens (tertiary/aromatic N) is 3. The van der Waals surface area contributed by atoms with E-state index in [0.717, 1.165) is 47.7 Å². The van der Waals surface area contributed by atoms with Crippen molar-refractivity contribution < 1.29 is 14.3 Å². The summed E-state index contributed by atoms with van der Waals surface area (Å²) in [4.78, 5) is 21.7. The molecule has 1 amide bonds. The molecule has 3 aromatic rings. The molecule has 0 bridgehead atoms. The molecule has 34 heavy (non-hydrogen) atoms. The van der Waals surface area contributed by atoms with E-state index < -0.39 is 0 Å². The number of nitrogens with one attached hydrogen (secondary N) is 3. The van der Waals surface area contributed by atoms with Crippen LogP contribution in [0.2, 0.25) is 0 Å². The molecule has 12 heteroatoms. The highest BCUT2D eigenvalue weighted by Gasteiger charge is 2.13. The molecule has 3 N–H and O–H groups in total. The molecule has 0 unspecified atom stereocenters. The van der Waals surface area contributed by atoms with Gasteiger partial charge in [0.2, 0.25) is 6.41 Å². The van der Waals surface area contributed by atoms with Gasteiger partial charge in [0.1, 0.15) is 17.3 Å². The Balaban J connectivity index is 1.73. The Labute approximate surface area is 210 Å². The Bertz CT molecular complexity index is 1160. The van der Waals surface area contributed by atoms with Crippen molar-refractivity contribution in [3.8, 4) is 11.5 Å². The molecule has 0 spiro atoms. The number of hydrogen-bond acceptors (Lipinski definition) is 11. The number of ether oxygens (including phenoxy) is 2. The lowest BCUT2D eigenvalue weighted by Gasteiger charge is -2.10. The average Bonchev–Trinajstić information content (AvgIpc) is 3.51. The summed E-state index contributed by atoms with van der Waals surface area (Å²) in [5, 5.41) is 11.3. The van der Waals surface area contributed by atoms with Crippen LogP contribution in [0.5, 0.6) is 11.5 Å². The number of benzene rings is 1. The Morgan fingerprint density at radius 1 is 1.26 bits per heavy atom. The van der Waals surface area contributed by atoms with Crippen LogP contribution in [0.4, 0.5) is 10.9 Å². The van der Waals surface area contributed by atoms with Crippen molar-refractivity contribution in [3.05, 3.63) is 45.8 Å². The Morgan fingerprint density at radius 2 is 2.12 bits per heavy atom. The average molecular weight is 519 g/mol. The largest absolute Gasteiger partial charge is 0.497 e. The molecule has 0 saturated carbocycles. The molecule has 9 nitrogen and oxygen atoms in total. The molecule has 0 aliphatic carbocycles. The van der Waals surface area contributed by atoms with Crippen molar-refractivity contribution in [1.82, 2.24) is 15.4 Å². The minimum absolute atomic E-state index is 0.534. The summed E-state index contributed by atoms with van der Waals surface area (Å²) in [6.45, 7) is 0.578. The number of thioether (sulfide) groups is 1. The predicted molar refractivity (Wildman–Crippen MR) is 142 cm³/mol. The van der Waals surface area contributed by atoms with Gasteiger partial charge in [-0.1, -0.05) is 17.8 Å². The normalized spacial score (nSPS) is 11.5. The zero-order valence-corrected chi connectivity index (χ0v) is 21.7. The van der Waals surface area contributed by atoms with Crippen molar-refractivity contribution in [2.45, 2.75) is 17.3 Å². The molecule has 3 rings (SSSR count). The third-order valence-corrected chi connectivity index (χ3v) is 7.68. The first-order valence-electron chi connectivity index (χ1n) is 10.2. The van der Waals surface area contributed by atoms with Crippen molar-refractivity contribution in [1.29, 1.82) is 0 Å². The predicted octanol–water partition coefficient (Wildman–Crippen LogP) is 4.35. The Hall–Kier alpha value is -3.09. The molecule has 1 aromatic carbocycles. The van der Waals surface area contributed by atoms with Crippen molar-refractivity contribution >= 4 is 63.6 Å². The quantitative estimate of drug-likeness (QED) is 0.133. The summed E-state index contributed by atoms with van der Waals surface area (Å²) in [5.41, 5.74) is 4.20. The van der Waals surface area contributed by atoms with Crippen LogP contribution in [0, 0.1) is 0 Å². The lowest BCUT2D eigenvalue weighted by atomic mass is 10.2. The molecule has 0 aliphatic heterocycles. The fraction of sp³-hybridized carbons (Fsp3) is 0.273. The standard InChI is InChI=1S/C22H26N6O3S3/c1-23-20-19(34-22(28-20)32-4)15(11-26-27-13-29)6-8-17-12-25-21(33-17)24-10-14-5-7-16(30-2)9-18(14)31-3/h5-7,9,11-13,23H,8,10H2,1-4H3,(H,24,25)(H,27,29)/b15-6+,26-11-. The second kappa shape index (κ2) is 13.0. The maximum Gasteiger partial charge on any atom is 0.227 e. The number of hydrogen-bond donors (Lipinski definition) is 3. The highest BCUT2D eigenvalue weighted by molar-refractivity contribution is 8.00. The van der Waals surface area contributed by atoms with Gasteiger partial charge in [0, 0.05) is 48.3 Å². The summed E-state index contributed by atoms with van der Waals surface area (Å²) in [5.74, 6) is 2.28. The van der Waals surface area contributed by atoms with Crippen LogP contribution in [0.15, 0.2) is 39.9 Å². The highest BCUT2D eigenvalue weighted by Crippen LogP contribution is 2.34. The monoisotopic (exact) mass is 518 g/mol. The SMILES string of the molecule is CNc1nc(SC)sc1C(/C=N\NC=O)=C/Cc1cnc(NCc2ccc(OC)cc2OC)s1. The molecule has 0 fully saturated rings. The number of methoxy groups -OCH3 is 2. The fourth-order valence-electron chi connectivity index (χ4n) is 2.96. The van der Waals surface area contributed by atoms with Crippen molar-refractivity contribution in [3.63, 3.8) is 0 Å². The summed E-state index contributed by atoms with van der Waals surface area (Å²) in [7, 11) is 5.10. The van der Waals surface area contributed by atoms with Gasteiger partial charge in [-0.2, -0.15) is 5.10 Å². The second-order valence-corrected chi connectivity index (χ2v) is 9.81. The van der Waals surface area contributed by atoms with E-state index in [1.807, 2.05) is 37.7 Å². The molecule has 2 aromatic heterocycles. The molecule has 0 saturated heterocycles. The van der Waals surface area contributed by atoms with E-state index in [0.29, 0.717) is 19.4 Å². The number of rotatable bonds is 13. The first-order chi connectivity index (χ1) is 16.6. The number of allylic oxidation sites excluding steroid dienone is 2. The molecule has 0 atom stereocenters. The van der Waals surface area contributed by atoms with E-state index in [9.17, 15) is 4.79 Å². The first kappa shape index (κ1) is 25.5. The van der Waals surface area contributed by atoms with Gasteiger partial charge in [-0.25, -0.2) is 15.4 Å². The fourth-order valence-corrected chi connectivity index (χ4v) is 5.30. The molecular formula is C22H26N6O3S3. The van der Waals surface area contributed by atoms with Crippen LogP contribution in [-0.4, -0.2) is 50.1 Å². The zero-order valence-electron chi connectivity index (χ0n) is 19.2. The number of anilines is 2. The van der Waals surface area contributed by atoms with Crippen LogP contribution in [0.25, 0.3) is 5.57 Å². The van der Waals surface area contributed by atoms with Crippen molar-refractivity contribution in [2.24, 2.45) is 5.10 Å². The van der Waals surface area contributed by atoms with Crippen LogP contribution in [0.3, 0.4) is 0 Å². The van der Waals surface area contributed by atoms with E-state index >= 15 is 0 Å². The number of thiazole rings is 2. The third kappa shape index (κ3) is 6.72. The molecule has 0 aliphatic rings. The van der Waals surface area contributed by atoms with Gasteiger partial charge < -0.3 is 20.1 Å². The van der Waals surface area contributed by atoms with E-state index in [2.05, 4.69) is 37.2 Å². The van der Waals surface area contributed by atoms with Crippen LogP contribution in [0.1, 0.15) is 15.3 Å². The minimum atomic E-state index is 0.534. The highest BCUT2D eigenvalue weighted by atomic mass is 32.2. The molecule has 0 radical (unpaired) electrons. The summed E-state index contributed by atoms with van der Waals surface area (Å²) in [6, 6.07) is 5.73. The van der Waals surface area contributed by atoms with Gasteiger partial charge in [0.05, 0.1) is 25.3 Å². The van der Waals surface area contributed by atoms with Gasteiger partial charge in [-0.15, -0.1) is 22.7 Å². The lowest BCUT2D eigenvalue weighted by molar-refractivity contribution is -0.109. The summed E-state index contributed by atoms with van der Waals surface area (Å²) in [6.07, 6.45) is 8.71. The lowest BCUT2D eigenvalue weighted by Crippen LogP contribution is -2.01. The second-order valence-electron chi connectivity index (χ2n) is 6.64. The van der Waals surface area contributed by atoms with Crippen molar-refractivity contribution in [2.75, 3.05) is 38.2 Å². The van der Waals surface area contributed by atoms with E-state index in [1.54, 1.807) is 54.9 Å². The van der Waals surface area contributed by atoms with E-state index in [4.69, 9.17) is 9.47 Å². The van der Waals surface area contributed by atoms with Gasteiger partial charge in [0.15, 0.2) is 9.47 Å². The maximum atomic E-state index is 10.6. The van der Waals surface area contributed by atoms with Crippen LogP contribution < -0.4 is 25.5 Å². The first-order valence-corrected chi connectivity index (χ1v) is 13.0. The van der Waals surface area contributed by atoms with Gasteiger partial charge >= 0.3 is 0 Å². The summed E-state index contributed by atoms with van der Waals surface area (Å²) >= 11 is 4.73. The molecule has 2 heterocycles. The van der Waals surface area contributed by atoms with Crippen LogP contribution in [-0.2, 0) is 17.8 Å². The maximum absolute atomic E-state index is 10.6. The topological polar surface area (TPSA) is 110 Å². The smallest absolute Gasteiger partial charge is 0.227 e. The van der Waals surface area contributed by atoms with Gasteiger partial charge in [-0.3, -0.25) is 4.79 Å². The van der Waals surface area contributed by atoms with Gasteiger partial charge in [0.25, 0.3) is 0 Å². The van der Waals surface area contributed by atoms with E-state index in [1.165, 1.54) is 0 Å². The van der Waals surface area contributed by atoms with E-state index in [-0.39, 0.29) is 0 Å². The van der Waals surface area contributed by atoms with Gasteiger partial charge in [-0.05, 0) is 18.4 Å². The number of hydrazone groups is 1. The Kier molecular flexibility index (Phi) is 9.74.